The minimum atomic E-state index is -0.777. The molecule has 124 valence electrons. The number of ether oxygens (including phenoxy) is 2. The largest absolute Gasteiger partial charge is 0.541 e. The summed E-state index contributed by atoms with van der Waals surface area (Å²) < 4.78 is 16.2. The molecule has 0 atom stereocenters. The molecule has 2 aromatic rings. The van der Waals surface area contributed by atoms with E-state index in [-0.39, 0.29) is 0 Å². The van der Waals surface area contributed by atoms with Gasteiger partial charge in [0.25, 0.3) is 0 Å². The molecule has 5 nitrogen and oxygen atoms in total. The molecule has 24 heavy (non-hydrogen) atoms. The smallest absolute Gasteiger partial charge is 0.527 e. The van der Waals surface area contributed by atoms with Crippen LogP contribution in [0, 0.1) is 0 Å². The van der Waals surface area contributed by atoms with Crippen molar-refractivity contribution in [1.82, 2.24) is 4.98 Å². The fourth-order valence-electron chi connectivity index (χ4n) is 2.55. The lowest BCUT2D eigenvalue weighted by molar-refractivity contribution is 0.294. The second-order valence-corrected chi connectivity index (χ2v) is 5.56. The molecule has 0 bridgehead atoms. The van der Waals surface area contributed by atoms with E-state index in [1.54, 1.807) is 13.4 Å². The maximum Gasteiger partial charge on any atom is 0.527 e. The highest BCUT2D eigenvalue weighted by atomic mass is 16.5. The molecule has 0 unspecified atom stereocenters. The van der Waals surface area contributed by atoms with Crippen LogP contribution in [-0.2, 0) is 4.65 Å². The number of nitrogens with zero attached hydrogens (tertiary/aromatic N) is 1. The third-order valence-electron chi connectivity index (χ3n) is 3.76. The number of benzene rings is 1. The minimum Gasteiger partial charge on any atom is -0.541 e. The van der Waals surface area contributed by atoms with E-state index in [1.807, 2.05) is 36.4 Å². The molecule has 0 radical (unpaired) electrons. The van der Waals surface area contributed by atoms with Crippen molar-refractivity contribution in [1.29, 1.82) is 0 Å². The van der Waals surface area contributed by atoms with Crippen LogP contribution in [0.25, 0.3) is 16.8 Å². The Morgan fingerprint density at radius 3 is 2.75 bits per heavy atom. The first-order valence-electron chi connectivity index (χ1n) is 8.02. The van der Waals surface area contributed by atoms with E-state index in [9.17, 15) is 5.02 Å². The molecule has 6 heteroatoms. The average molecular weight is 325 g/mol. The zero-order valence-electron chi connectivity index (χ0n) is 13.9. The maximum atomic E-state index is 9.49. The normalized spacial score (nSPS) is 13.5. The van der Waals surface area contributed by atoms with Crippen molar-refractivity contribution in [3.05, 3.63) is 48.4 Å². The lowest BCUT2D eigenvalue weighted by atomic mass is 9.83. The highest BCUT2D eigenvalue weighted by Gasteiger charge is 2.24. The van der Waals surface area contributed by atoms with Gasteiger partial charge in [0.05, 0.1) is 31.4 Å². The summed E-state index contributed by atoms with van der Waals surface area (Å²) in [6, 6.07) is 11.6. The van der Waals surface area contributed by atoms with Crippen LogP contribution in [-0.4, -0.2) is 30.8 Å². The van der Waals surface area contributed by atoms with E-state index >= 15 is 0 Å². The number of allylic oxidation sites excluding steroid dienone is 1. The molecule has 1 aliphatic heterocycles. The number of hydrogen-bond donors (Lipinski definition) is 1. The molecule has 1 aromatic carbocycles. The number of hydrogen-bond acceptors (Lipinski definition) is 5. The summed E-state index contributed by atoms with van der Waals surface area (Å²) in [5, 5.41) is 9.49. The van der Waals surface area contributed by atoms with Crippen molar-refractivity contribution in [3.63, 3.8) is 0 Å². The Hall–Kier alpha value is -2.47. The van der Waals surface area contributed by atoms with Gasteiger partial charge in [0.1, 0.15) is 0 Å². The van der Waals surface area contributed by atoms with Gasteiger partial charge < -0.3 is 19.2 Å². The van der Waals surface area contributed by atoms with Gasteiger partial charge in [-0.25, -0.2) is 4.98 Å². The topological polar surface area (TPSA) is 60.8 Å². The summed E-state index contributed by atoms with van der Waals surface area (Å²) in [6.45, 7) is 2.70. The maximum absolute atomic E-state index is 9.49. The van der Waals surface area contributed by atoms with Gasteiger partial charge in [-0.3, -0.25) is 0 Å². The van der Waals surface area contributed by atoms with E-state index in [0.717, 1.165) is 28.9 Å². The molecular formula is C18H20BNO4. The fourth-order valence-corrected chi connectivity index (χ4v) is 2.55. The SMILES string of the molecule is CCCOc1cc(-c2cccc(C3=COB(O)C3)n2)ccc1OC. The average Bonchev–Trinajstić information content (AvgIpc) is 3.06. The fraction of sp³-hybridized carbons (Fsp3) is 0.278. The molecule has 1 N–H and O–H groups in total. The van der Waals surface area contributed by atoms with Crippen LogP contribution in [0.15, 0.2) is 42.7 Å². The Labute approximate surface area is 142 Å². The Morgan fingerprint density at radius 1 is 1.21 bits per heavy atom. The van der Waals surface area contributed by atoms with Crippen molar-refractivity contribution in [2.24, 2.45) is 0 Å². The summed E-state index contributed by atoms with van der Waals surface area (Å²) in [6.07, 6.45) is 2.95. The predicted molar refractivity (Wildman–Crippen MR) is 93.9 cm³/mol. The molecule has 1 aliphatic rings. The first kappa shape index (κ1) is 16.4. The molecule has 1 aromatic heterocycles. The van der Waals surface area contributed by atoms with Gasteiger partial charge >= 0.3 is 7.12 Å². The van der Waals surface area contributed by atoms with Crippen LogP contribution >= 0.6 is 0 Å². The van der Waals surface area contributed by atoms with Gasteiger partial charge in [-0.2, -0.15) is 0 Å². The third-order valence-corrected chi connectivity index (χ3v) is 3.76. The van der Waals surface area contributed by atoms with Crippen molar-refractivity contribution in [3.8, 4) is 22.8 Å². The van der Waals surface area contributed by atoms with Gasteiger partial charge in [0.15, 0.2) is 11.5 Å². The van der Waals surface area contributed by atoms with Crippen LogP contribution in [0.1, 0.15) is 19.0 Å². The summed E-state index contributed by atoms with van der Waals surface area (Å²) in [5.41, 5.74) is 3.47. The van der Waals surface area contributed by atoms with E-state index < -0.39 is 7.12 Å². The van der Waals surface area contributed by atoms with Gasteiger partial charge in [-0.15, -0.1) is 0 Å². The standard InChI is InChI=1S/C18H20BNO4/c1-3-9-23-18-10-13(7-8-17(18)22-2)15-5-4-6-16(20-15)14-11-19(21)24-12-14/h4-8,10,12,21H,3,9,11H2,1-2H3. The van der Waals surface area contributed by atoms with Crippen molar-refractivity contribution in [2.75, 3.05) is 13.7 Å². The van der Waals surface area contributed by atoms with Gasteiger partial charge in [-0.1, -0.05) is 13.0 Å². The van der Waals surface area contributed by atoms with Crippen LogP contribution in [0.5, 0.6) is 11.5 Å². The third kappa shape index (κ3) is 3.54. The molecule has 0 fully saturated rings. The van der Waals surface area contributed by atoms with Gasteiger partial charge in [0, 0.05) is 17.5 Å². The first-order valence-corrected chi connectivity index (χ1v) is 8.02. The highest BCUT2D eigenvalue weighted by molar-refractivity contribution is 6.47. The summed E-state index contributed by atoms with van der Waals surface area (Å²) in [5.74, 6) is 1.42. The first-order chi connectivity index (χ1) is 11.7. The summed E-state index contributed by atoms with van der Waals surface area (Å²) in [7, 11) is 0.852. The molecule has 0 amide bonds. The minimum absolute atomic E-state index is 0.448. The molecule has 0 aliphatic carbocycles. The van der Waals surface area contributed by atoms with Crippen LogP contribution in [0.4, 0.5) is 0 Å². The van der Waals surface area contributed by atoms with Gasteiger partial charge in [-0.05, 0) is 36.8 Å². The molecule has 3 rings (SSSR count). The molecule has 0 saturated heterocycles. The quantitative estimate of drug-likeness (QED) is 0.825. The van der Waals surface area contributed by atoms with E-state index in [1.165, 1.54) is 0 Å². The number of methoxy groups -OCH3 is 1. The molecule has 0 spiro atoms. The molecular weight excluding hydrogens is 305 g/mol. The summed E-state index contributed by atoms with van der Waals surface area (Å²) in [4.78, 5) is 4.68. The lowest BCUT2D eigenvalue weighted by Crippen LogP contribution is -2.08. The highest BCUT2D eigenvalue weighted by Crippen LogP contribution is 2.33. The Morgan fingerprint density at radius 2 is 2.04 bits per heavy atom. The van der Waals surface area contributed by atoms with Crippen LogP contribution in [0.3, 0.4) is 0 Å². The predicted octanol–water partition coefficient (Wildman–Crippen LogP) is 3.40. The molecule has 2 heterocycles. The van der Waals surface area contributed by atoms with E-state index in [0.29, 0.717) is 24.4 Å². The number of aromatic nitrogens is 1. The van der Waals surface area contributed by atoms with Crippen molar-refractivity contribution >= 4 is 12.7 Å². The molecule has 0 saturated carbocycles. The Kier molecular flexibility index (Phi) is 5.06. The second kappa shape index (κ2) is 7.40. The zero-order chi connectivity index (χ0) is 16.9. The second-order valence-electron chi connectivity index (χ2n) is 5.56. The van der Waals surface area contributed by atoms with Crippen LogP contribution < -0.4 is 9.47 Å². The zero-order valence-corrected chi connectivity index (χ0v) is 13.9. The summed E-state index contributed by atoms with van der Waals surface area (Å²) >= 11 is 0. The van der Waals surface area contributed by atoms with E-state index in [4.69, 9.17) is 14.1 Å². The van der Waals surface area contributed by atoms with E-state index in [2.05, 4.69) is 11.9 Å². The van der Waals surface area contributed by atoms with Crippen LogP contribution in [0.2, 0.25) is 6.32 Å². The van der Waals surface area contributed by atoms with Gasteiger partial charge in [0.2, 0.25) is 0 Å². The Bertz CT molecular complexity index is 748. The Balaban J connectivity index is 1.91. The van der Waals surface area contributed by atoms with Crippen molar-refractivity contribution < 1.29 is 19.2 Å². The lowest BCUT2D eigenvalue weighted by Gasteiger charge is -2.12. The van der Waals surface area contributed by atoms with Crippen molar-refractivity contribution in [2.45, 2.75) is 19.7 Å². The number of rotatable bonds is 6. The number of pyridine rings is 1. The monoisotopic (exact) mass is 325 g/mol.